The normalized spacial score (nSPS) is 10.3. The fourth-order valence-electron chi connectivity index (χ4n) is 1.26. The van der Waals surface area contributed by atoms with Crippen LogP contribution in [0, 0.1) is 0 Å². The monoisotopic (exact) mass is 190 g/mol. The van der Waals surface area contributed by atoms with Crippen LogP contribution in [0.4, 0.5) is 0 Å². The summed E-state index contributed by atoms with van der Waals surface area (Å²) in [6.45, 7) is 0. The van der Waals surface area contributed by atoms with Gasteiger partial charge in [0.25, 0.3) is 0 Å². The lowest BCUT2D eigenvalue weighted by atomic mass is 10.1. The largest absolute Gasteiger partial charge is 0.478 e. The highest BCUT2D eigenvalue weighted by molar-refractivity contribution is 5.98. The molecule has 1 heterocycles. The number of aromatic carboxylic acids is 1. The van der Waals surface area contributed by atoms with Gasteiger partial charge in [0, 0.05) is 5.39 Å². The lowest BCUT2D eigenvalue weighted by Gasteiger charge is -1.92. The summed E-state index contributed by atoms with van der Waals surface area (Å²) >= 11 is 0. The Morgan fingerprint density at radius 3 is 2.93 bits per heavy atom. The number of carboxylic acid groups (broad SMARTS) is 1. The first kappa shape index (κ1) is 8.43. The molecular formula is C9H6N2O3. The van der Waals surface area contributed by atoms with Gasteiger partial charge in [0.15, 0.2) is 6.29 Å². The summed E-state index contributed by atoms with van der Waals surface area (Å²) in [6, 6.07) is 4.42. The number of hydrogen-bond acceptors (Lipinski definition) is 3. The molecule has 1 aromatic heterocycles. The minimum absolute atomic E-state index is 0.154. The molecule has 5 nitrogen and oxygen atoms in total. The van der Waals surface area contributed by atoms with E-state index in [4.69, 9.17) is 5.11 Å². The van der Waals surface area contributed by atoms with Crippen LogP contribution in [-0.2, 0) is 0 Å². The molecule has 0 atom stereocenters. The van der Waals surface area contributed by atoms with E-state index in [-0.39, 0.29) is 5.56 Å². The zero-order chi connectivity index (χ0) is 10.1. The molecule has 14 heavy (non-hydrogen) atoms. The Morgan fingerprint density at radius 2 is 2.29 bits per heavy atom. The number of hydrogen-bond donors (Lipinski definition) is 2. The van der Waals surface area contributed by atoms with Gasteiger partial charge in [-0.2, -0.15) is 5.10 Å². The van der Waals surface area contributed by atoms with Crippen LogP contribution >= 0.6 is 0 Å². The van der Waals surface area contributed by atoms with Crippen molar-refractivity contribution >= 4 is 23.2 Å². The van der Waals surface area contributed by atoms with Crippen molar-refractivity contribution in [3.8, 4) is 0 Å². The molecule has 0 saturated carbocycles. The van der Waals surface area contributed by atoms with Gasteiger partial charge >= 0.3 is 5.97 Å². The van der Waals surface area contributed by atoms with Gasteiger partial charge in [-0.25, -0.2) is 4.79 Å². The summed E-state index contributed by atoms with van der Waals surface area (Å²) in [6.07, 6.45) is 0.649. The molecule has 0 bridgehead atoms. The zero-order valence-corrected chi connectivity index (χ0v) is 7.02. The second-order valence-electron chi connectivity index (χ2n) is 2.79. The smallest absolute Gasteiger partial charge is 0.335 e. The minimum Gasteiger partial charge on any atom is -0.478 e. The molecule has 0 unspecified atom stereocenters. The van der Waals surface area contributed by atoms with Crippen molar-refractivity contribution in [3.05, 3.63) is 29.5 Å². The summed E-state index contributed by atoms with van der Waals surface area (Å²) < 4.78 is 0. The van der Waals surface area contributed by atoms with Crippen LogP contribution in [0.25, 0.3) is 10.9 Å². The number of aldehydes is 1. The van der Waals surface area contributed by atoms with E-state index in [1.165, 1.54) is 12.1 Å². The van der Waals surface area contributed by atoms with Crippen molar-refractivity contribution in [2.45, 2.75) is 0 Å². The number of H-pyrrole nitrogens is 1. The molecule has 0 fully saturated rings. The highest BCUT2D eigenvalue weighted by Crippen LogP contribution is 2.16. The van der Waals surface area contributed by atoms with E-state index in [9.17, 15) is 9.59 Å². The molecule has 0 radical (unpaired) electrons. The number of rotatable bonds is 2. The summed E-state index contributed by atoms with van der Waals surface area (Å²) in [5.74, 6) is -1.01. The molecule has 0 saturated heterocycles. The second kappa shape index (κ2) is 2.95. The van der Waals surface area contributed by atoms with Gasteiger partial charge in [0.1, 0.15) is 5.69 Å². The van der Waals surface area contributed by atoms with Gasteiger partial charge in [0.05, 0.1) is 11.1 Å². The standard InChI is InChI=1S/C9H6N2O3/c12-4-8-6-2-1-5(9(13)14)3-7(6)10-11-8/h1-4H,(H,10,11)(H,13,14). The van der Waals surface area contributed by atoms with E-state index in [0.717, 1.165) is 0 Å². The zero-order valence-electron chi connectivity index (χ0n) is 7.02. The molecule has 2 rings (SSSR count). The molecule has 0 aliphatic rings. The molecule has 2 N–H and O–H groups in total. The molecule has 0 aliphatic carbocycles. The Kier molecular flexibility index (Phi) is 1.78. The van der Waals surface area contributed by atoms with E-state index in [2.05, 4.69) is 10.2 Å². The highest BCUT2D eigenvalue weighted by atomic mass is 16.4. The summed E-state index contributed by atoms with van der Waals surface area (Å²) in [5.41, 5.74) is 0.991. The van der Waals surface area contributed by atoms with Crippen molar-refractivity contribution < 1.29 is 14.7 Å². The van der Waals surface area contributed by atoms with Crippen LogP contribution in [0.1, 0.15) is 20.8 Å². The van der Waals surface area contributed by atoms with Crippen LogP contribution in [-0.4, -0.2) is 27.6 Å². The van der Waals surface area contributed by atoms with Gasteiger partial charge in [0.2, 0.25) is 0 Å². The van der Waals surface area contributed by atoms with Gasteiger partial charge < -0.3 is 5.11 Å². The van der Waals surface area contributed by atoms with Crippen molar-refractivity contribution in [3.63, 3.8) is 0 Å². The van der Waals surface area contributed by atoms with E-state index in [1.54, 1.807) is 6.07 Å². The Bertz CT molecular complexity index is 516. The Labute approximate surface area is 78.4 Å². The first-order chi connectivity index (χ1) is 6.72. The van der Waals surface area contributed by atoms with Gasteiger partial charge in [-0.1, -0.05) is 0 Å². The summed E-state index contributed by atoms with van der Waals surface area (Å²) in [7, 11) is 0. The third kappa shape index (κ3) is 1.15. The second-order valence-corrected chi connectivity index (χ2v) is 2.79. The van der Waals surface area contributed by atoms with E-state index >= 15 is 0 Å². The minimum atomic E-state index is -1.01. The lowest BCUT2D eigenvalue weighted by Crippen LogP contribution is -1.94. The third-order valence-electron chi connectivity index (χ3n) is 1.95. The van der Waals surface area contributed by atoms with E-state index in [1.807, 2.05) is 0 Å². The molecule has 0 aliphatic heterocycles. The first-order valence-corrected chi connectivity index (χ1v) is 3.89. The summed E-state index contributed by atoms with van der Waals surface area (Å²) in [4.78, 5) is 21.1. The van der Waals surface area contributed by atoms with Gasteiger partial charge in [-0.05, 0) is 18.2 Å². The number of carbonyl (C=O) groups is 2. The molecule has 1 aromatic carbocycles. The average molecular weight is 190 g/mol. The van der Waals surface area contributed by atoms with Crippen LogP contribution in [0.2, 0.25) is 0 Å². The predicted molar refractivity (Wildman–Crippen MR) is 48.4 cm³/mol. The number of aromatic nitrogens is 2. The van der Waals surface area contributed by atoms with Crippen LogP contribution in [0.5, 0.6) is 0 Å². The number of carbonyl (C=O) groups excluding carboxylic acids is 1. The number of nitrogens with zero attached hydrogens (tertiary/aromatic N) is 1. The first-order valence-electron chi connectivity index (χ1n) is 3.89. The molecule has 0 amide bonds. The quantitative estimate of drug-likeness (QED) is 0.694. The third-order valence-corrected chi connectivity index (χ3v) is 1.95. The number of nitrogens with one attached hydrogen (secondary N) is 1. The van der Waals surface area contributed by atoms with E-state index < -0.39 is 5.97 Å². The SMILES string of the molecule is O=Cc1[nH]nc2cc(C(=O)O)ccc12. The Hall–Kier alpha value is -2.17. The lowest BCUT2D eigenvalue weighted by molar-refractivity contribution is 0.0697. The summed E-state index contributed by atoms with van der Waals surface area (Å²) in [5, 5.41) is 15.7. The van der Waals surface area contributed by atoms with Crippen molar-refractivity contribution in [1.29, 1.82) is 0 Å². The van der Waals surface area contributed by atoms with Crippen molar-refractivity contribution in [2.75, 3.05) is 0 Å². The molecule has 70 valence electrons. The molecule has 0 spiro atoms. The maximum absolute atomic E-state index is 10.6. The molecular weight excluding hydrogens is 184 g/mol. The number of fused-ring (bicyclic) bond motifs is 1. The number of carboxylic acids is 1. The van der Waals surface area contributed by atoms with Gasteiger partial charge in [-0.15, -0.1) is 0 Å². The number of aromatic amines is 1. The van der Waals surface area contributed by atoms with Crippen LogP contribution < -0.4 is 0 Å². The molecule has 2 aromatic rings. The fraction of sp³-hybridized carbons (Fsp3) is 0. The predicted octanol–water partition coefficient (Wildman–Crippen LogP) is 1.07. The fourth-order valence-corrected chi connectivity index (χ4v) is 1.26. The Balaban J connectivity index is 2.68. The van der Waals surface area contributed by atoms with Crippen molar-refractivity contribution in [1.82, 2.24) is 10.2 Å². The van der Waals surface area contributed by atoms with Crippen LogP contribution in [0.15, 0.2) is 18.2 Å². The van der Waals surface area contributed by atoms with Gasteiger partial charge in [-0.3, -0.25) is 9.89 Å². The van der Waals surface area contributed by atoms with Crippen LogP contribution in [0.3, 0.4) is 0 Å². The van der Waals surface area contributed by atoms with Crippen molar-refractivity contribution in [2.24, 2.45) is 0 Å². The number of benzene rings is 1. The Morgan fingerprint density at radius 1 is 1.50 bits per heavy atom. The van der Waals surface area contributed by atoms with E-state index in [0.29, 0.717) is 22.9 Å². The average Bonchev–Trinajstić information content (AvgIpc) is 2.59. The maximum Gasteiger partial charge on any atom is 0.335 e. The molecule has 5 heteroatoms. The maximum atomic E-state index is 10.6. The highest BCUT2D eigenvalue weighted by Gasteiger charge is 2.08. The topological polar surface area (TPSA) is 83.0 Å².